The van der Waals surface area contributed by atoms with Crippen molar-refractivity contribution in [1.82, 2.24) is 0 Å². The number of fused-ring (bicyclic) bond motifs is 1. The Morgan fingerprint density at radius 1 is 1.00 bits per heavy atom. The van der Waals surface area contributed by atoms with E-state index in [2.05, 4.69) is 0 Å². The van der Waals surface area contributed by atoms with Crippen LogP contribution < -0.4 is 14.9 Å². The number of hydrogen-bond donors (Lipinski definition) is 2. The first kappa shape index (κ1) is 14.8. The zero-order valence-corrected chi connectivity index (χ0v) is 12.5. The van der Waals surface area contributed by atoms with Crippen LogP contribution in [0.25, 0.3) is 22.3 Å². The van der Waals surface area contributed by atoms with Gasteiger partial charge in [0.1, 0.15) is 16.7 Å². The van der Waals surface area contributed by atoms with E-state index in [9.17, 15) is 15.0 Å². The molecule has 0 amide bonds. The van der Waals surface area contributed by atoms with Gasteiger partial charge in [0.2, 0.25) is 11.2 Å². The van der Waals surface area contributed by atoms with Gasteiger partial charge in [-0.15, -0.1) is 0 Å². The first-order valence-corrected chi connectivity index (χ1v) is 6.77. The van der Waals surface area contributed by atoms with Crippen LogP contribution in [0, 0.1) is 0 Å². The Hall–Kier alpha value is -3.15. The van der Waals surface area contributed by atoms with Crippen LogP contribution in [0.4, 0.5) is 0 Å². The Balaban J connectivity index is 2.29. The van der Waals surface area contributed by atoms with Crippen LogP contribution in [0.3, 0.4) is 0 Å². The SMILES string of the molecule is COc1ccc(-c2oc3cccc(O)c3c(=O)c2O)cc1OC. The fourth-order valence-electron chi connectivity index (χ4n) is 2.39. The molecule has 0 spiro atoms. The summed E-state index contributed by atoms with van der Waals surface area (Å²) in [4.78, 5) is 12.3. The molecule has 1 heterocycles. The molecule has 1 aromatic heterocycles. The molecule has 0 radical (unpaired) electrons. The first-order valence-electron chi connectivity index (χ1n) is 6.77. The second-order valence-electron chi connectivity index (χ2n) is 4.83. The molecule has 0 fully saturated rings. The molecule has 118 valence electrons. The summed E-state index contributed by atoms with van der Waals surface area (Å²) in [6, 6.07) is 9.31. The lowest BCUT2D eigenvalue weighted by Gasteiger charge is -2.10. The molecule has 6 heteroatoms. The summed E-state index contributed by atoms with van der Waals surface area (Å²) >= 11 is 0. The van der Waals surface area contributed by atoms with Crippen molar-refractivity contribution in [2.24, 2.45) is 0 Å². The fraction of sp³-hybridized carbons (Fsp3) is 0.118. The average molecular weight is 314 g/mol. The molecule has 0 saturated heterocycles. The summed E-state index contributed by atoms with van der Waals surface area (Å²) in [6.45, 7) is 0. The van der Waals surface area contributed by atoms with Gasteiger partial charge in [0.05, 0.1) is 14.2 Å². The van der Waals surface area contributed by atoms with Crippen LogP contribution in [0.15, 0.2) is 45.6 Å². The van der Waals surface area contributed by atoms with Crippen molar-refractivity contribution in [2.75, 3.05) is 14.2 Å². The quantitative estimate of drug-likeness (QED) is 0.772. The standard InChI is InChI=1S/C17H14O6/c1-21-11-7-6-9(8-13(11)22-2)17-16(20)15(19)14-10(18)4-3-5-12(14)23-17/h3-8,18,20H,1-2H3. The smallest absolute Gasteiger partial charge is 0.238 e. The van der Waals surface area contributed by atoms with E-state index >= 15 is 0 Å². The summed E-state index contributed by atoms with van der Waals surface area (Å²) in [5.74, 6) is 0.116. The first-order chi connectivity index (χ1) is 11.1. The van der Waals surface area contributed by atoms with Crippen molar-refractivity contribution in [1.29, 1.82) is 0 Å². The average Bonchev–Trinajstić information content (AvgIpc) is 2.57. The molecule has 0 bridgehead atoms. The normalized spacial score (nSPS) is 10.7. The van der Waals surface area contributed by atoms with E-state index < -0.39 is 11.2 Å². The van der Waals surface area contributed by atoms with E-state index in [1.54, 1.807) is 30.3 Å². The van der Waals surface area contributed by atoms with Gasteiger partial charge in [0.15, 0.2) is 17.3 Å². The predicted octanol–water partition coefficient (Wildman–Crippen LogP) is 2.89. The Bertz CT molecular complexity index is 942. The number of hydrogen-bond acceptors (Lipinski definition) is 6. The molecule has 0 atom stereocenters. The second-order valence-corrected chi connectivity index (χ2v) is 4.83. The van der Waals surface area contributed by atoms with Crippen molar-refractivity contribution >= 4 is 11.0 Å². The third kappa shape index (κ3) is 2.34. The van der Waals surface area contributed by atoms with Gasteiger partial charge in [0.25, 0.3) is 0 Å². The third-order valence-corrected chi connectivity index (χ3v) is 3.52. The second kappa shape index (κ2) is 5.57. The van der Waals surface area contributed by atoms with Gasteiger partial charge in [-0.25, -0.2) is 0 Å². The Labute approximate surface area is 131 Å². The van der Waals surface area contributed by atoms with Crippen molar-refractivity contribution in [3.05, 3.63) is 46.6 Å². The van der Waals surface area contributed by atoms with Gasteiger partial charge in [-0.1, -0.05) is 6.07 Å². The van der Waals surface area contributed by atoms with Gasteiger partial charge in [-0.05, 0) is 30.3 Å². The highest BCUT2D eigenvalue weighted by molar-refractivity contribution is 5.86. The number of rotatable bonds is 3. The molecule has 3 rings (SSSR count). The van der Waals surface area contributed by atoms with Crippen LogP contribution in [-0.2, 0) is 0 Å². The lowest BCUT2D eigenvalue weighted by atomic mass is 10.1. The maximum absolute atomic E-state index is 12.3. The molecule has 0 aliphatic carbocycles. The fourth-order valence-corrected chi connectivity index (χ4v) is 2.39. The predicted molar refractivity (Wildman–Crippen MR) is 84.4 cm³/mol. The van der Waals surface area contributed by atoms with Crippen LogP contribution in [0.1, 0.15) is 0 Å². The summed E-state index contributed by atoms with van der Waals surface area (Å²) in [6.07, 6.45) is 0. The van der Waals surface area contributed by atoms with E-state index in [0.717, 1.165) is 0 Å². The maximum atomic E-state index is 12.3. The number of aromatic hydroxyl groups is 2. The minimum atomic E-state index is -0.700. The van der Waals surface area contributed by atoms with Gasteiger partial charge in [0, 0.05) is 5.56 Å². The Morgan fingerprint density at radius 3 is 2.43 bits per heavy atom. The van der Waals surface area contributed by atoms with Crippen molar-refractivity contribution in [3.8, 4) is 34.3 Å². The summed E-state index contributed by atoms with van der Waals surface area (Å²) in [5, 5.41) is 19.9. The molecule has 23 heavy (non-hydrogen) atoms. The molecule has 2 N–H and O–H groups in total. The van der Waals surface area contributed by atoms with Crippen molar-refractivity contribution < 1.29 is 24.1 Å². The monoisotopic (exact) mass is 314 g/mol. The summed E-state index contributed by atoms with van der Waals surface area (Å²) in [5.41, 5.74) is -0.0748. The minimum Gasteiger partial charge on any atom is -0.507 e. The van der Waals surface area contributed by atoms with Crippen LogP contribution in [0.2, 0.25) is 0 Å². The zero-order valence-electron chi connectivity index (χ0n) is 12.5. The van der Waals surface area contributed by atoms with Gasteiger partial charge in [-0.2, -0.15) is 0 Å². The molecule has 0 unspecified atom stereocenters. The van der Waals surface area contributed by atoms with E-state index in [4.69, 9.17) is 13.9 Å². The molecule has 2 aromatic carbocycles. The maximum Gasteiger partial charge on any atom is 0.238 e. The Morgan fingerprint density at radius 2 is 1.74 bits per heavy atom. The van der Waals surface area contributed by atoms with E-state index in [-0.39, 0.29) is 22.5 Å². The lowest BCUT2D eigenvalue weighted by Crippen LogP contribution is -2.03. The van der Waals surface area contributed by atoms with Crippen LogP contribution in [0.5, 0.6) is 23.0 Å². The van der Waals surface area contributed by atoms with Gasteiger partial charge < -0.3 is 24.1 Å². The van der Waals surface area contributed by atoms with Gasteiger partial charge in [-0.3, -0.25) is 4.79 Å². The molecule has 0 aliphatic rings. The highest BCUT2D eigenvalue weighted by atomic mass is 16.5. The largest absolute Gasteiger partial charge is 0.507 e. The lowest BCUT2D eigenvalue weighted by molar-refractivity contribution is 0.355. The molecule has 6 nitrogen and oxygen atoms in total. The molecule has 3 aromatic rings. The van der Waals surface area contributed by atoms with Crippen LogP contribution in [-0.4, -0.2) is 24.4 Å². The third-order valence-electron chi connectivity index (χ3n) is 3.52. The Kier molecular flexibility index (Phi) is 3.57. The van der Waals surface area contributed by atoms with E-state index in [1.807, 2.05) is 0 Å². The topological polar surface area (TPSA) is 89.1 Å². The zero-order chi connectivity index (χ0) is 16.6. The summed E-state index contributed by atoms with van der Waals surface area (Å²) < 4.78 is 16.0. The number of methoxy groups -OCH3 is 2. The van der Waals surface area contributed by atoms with Crippen LogP contribution >= 0.6 is 0 Å². The number of benzene rings is 2. The molecule has 0 aliphatic heterocycles. The minimum absolute atomic E-state index is 0.00551. The molecular formula is C17H14O6. The molecular weight excluding hydrogens is 300 g/mol. The number of phenolic OH excluding ortho intramolecular Hbond substituents is 1. The van der Waals surface area contributed by atoms with Crippen molar-refractivity contribution in [2.45, 2.75) is 0 Å². The van der Waals surface area contributed by atoms with Crippen molar-refractivity contribution in [3.63, 3.8) is 0 Å². The van der Waals surface area contributed by atoms with E-state index in [1.165, 1.54) is 20.3 Å². The molecule has 0 saturated carbocycles. The van der Waals surface area contributed by atoms with E-state index in [0.29, 0.717) is 17.1 Å². The highest BCUT2D eigenvalue weighted by Crippen LogP contribution is 2.37. The number of ether oxygens (including phenoxy) is 2. The highest BCUT2D eigenvalue weighted by Gasteiger charge is 2.18. The van der Waals surface area contributed by atoms with Gasteiger partial charge >= 0.3 is 0 Å². The number of phenols is 1. The summed E-state index contributed by atoms with van der Waals surface area (Å²) in [7, 11) is 2.99.